The molecule has 1 aliphatic carbocycles. The smallest absolute Gasteiger partial charge is 0.260 e. The summed E-state index contributed by atoms with van der Waals surface area (Å²) in [4.78, 5) is 28.2. The van der Waals surface area contributed by atoms with Crippen LogP contribution >= 0.6 is 0 Å². The molecule has 148 valence electrons. The molecule has 1 saturated heterocycles. The van der Waals surface area contributed by atoms with Gasteiger partial charge in [0.15, 0.2) is 6.61 Å². The minimum atomic E-state index is -0.00280. The molecule has 1 N–H and O–H groups in total. The van der Waals surface area contributed by atoms with E-state index in [9.17, 15) is 9.59 Å². The molecule has 0 aromatic heterocycles. The van der Waals surface area contributed by atoms with Crippen LogP contribution in [0.3, 0.4) is 0 Å². The number of carbonyl (C=O) groups is 2. The van der Waals surface area contributed by atoms with E-state index in [1.807, 2.05) is 29.2 Å². The van der Waals surface area contributed by atoms with Crippen molar-refractivity contribution in [2.24, 2.45) is 0 Å². The van der Waals surface area contributed by atoms with E-state index < -0.39 is 0 Å². The molecule has 3 rings (SSSR count). The quantitative estimate of drug-likeness (QED) is 0.826. The summed E-state index contributed by atoms with van der Waals surface area (Å²) in [6, 6.07) is 8.33. The summed E-state index contributed by atoms with van der Waals surface area (Å²) in [6.45, 7) is 9.72. The van der Waals surface area contributed by atoms with Crippen LogP contribution < -0.4 is 10.1 Å². The number of nitrogens with one attached hydrogen (secondary N) is 1. The third-order valence-electron chi connectivity index (χ3n) is 5.12. The molecule has 6 nitrogen and oxygen atoms in total. The molecule has 1 heterocycles. The third-order valence-corrected chi connectivity index (χ3v) is 5.12. The Hall–Kier alpha value is -2.08. The standard InChI is InChI=1S/C21H31N3O3/c1-21(2,3)16-4-8-18(9-5-16)27-15-20(26)24-12-10-23(11-13-24)14-19(25)22-17-6-7-17/h4-5,8-9,17H,6-7,10-15H2,1-3H3,(H,22,25). The fourth-order valence-corrected chi connectivity index (χ4v) is 3.15. The van der Waals surface area contributed by atoms with E-state index in [-0.39, 0.29) is 23.8 Å². The van der Waals surface area contributed by atoms with Gasteiger partial charge in [-0.1, -0.05) is 32.9 Å². The zero-order valence-electron chi connectivity index (χ0n) is 16.7. The molecule has 6 heteroatoms. The number of carbonyl (C=O) groups excluding carboxylic acids is 2. The Bertz CT molecular complexity index is 654. The molecule has 27 heavy (non-hydrogen) atoms. The Balaban J connectivity index is 1.38. The summed E-state index contributed by atoms with van der Waals surface area (Å²) < 4.78 is 5.66. The van der Waals surface area contributed by atoms with Crippen LogP contribution in [0.2, 0.25) is 0 Å². The third kappa shape index (κ3) is 5.96. The molecule has 0 atom stereocenters. The van der Waals surface area contributed by atoms with Gasteiger partial charge in [0.05, 0.1) is 6.54 Å². The van der Waals surface area contributed by atoms with Crippen LogP contribution in [0.4, 0.5) is 0 Å². The van der Waals surface area contributed by atoms with E-state index in [4.69, 9.17) is 4.74 Å². The Morgan fingerprint density at radius 1 is 1.07 bits per heavy atom. The molecule has 2 aliphatic rings. The highest BCUT2D eigenvalue weighted by molar-refractivity contribution is 5.79. The maximum atomic E-state index is 12.4. The topological polar surface area (TPSA) is 61.9 Å². The molecule has 1 aromatic rings. The van der Waals surface area contributed by atoms with E-state index in [1.165, 1.54) is 5.56 Å². The van der Waals surface area contributed by atoms with Crippen molar-refractivity contribution in [2.75, 3.05) is 39.3 Å². The summed E-state index contributed by atoms with van der Waals surface area (Å²) in [6.07, 6.45) is 2.21. The Morgan fingerprint density at radius 2 is 1.70 bits per heavy atom. The summed E-state index contributed by atoms with van der Waals surface area (Å²) >= 11 is 0. The maximum absolute atomic E-state index is 12.4. The lowest BCUT2D eigenvalue weighted by atomic mass is 9.87. The van der Waals surface area contributed by atoms with Gasteiger partial charge >= 0.3 is 0 Å². The van der Waals surface area contributed by atoms with Gasteiger partial charge in [-0.2, -0.15) is 0 Å². The summed E-state index contributed by atoms with van der Waals surface area (Å²) in [5, 5.41) is 3.01. The predicted octanol–water partition coefficient (Wildman–Crippen LogP) is 1.79. The van der Waals surface area contributed by atoms with Gasteiger partial charge in [-0.15, -0.1) is 0 Å². The average molecular weight is 373 g/mol. The first kappa shape index (κ1) is 19.7. The number of hydrogen-bond acceptors (Lipinski definition) is 4. The van der Waals surface area contributed by atoms with Crippen LogP contribution in [0.25, 0.3) is 0 Å². The fraction of sp³-hybridized carbons (Fsp3) is 0.619. The van der Waals surface area contributed by atoms with Crippen molar-refractivity contribution in [1.29, 1.82) is 0 Å². The number of hydrogen-bond donors (Lipinski definition) is 1. The average Bonchev–Trinajstić information content (AvgIpc) is 3.43. The van der Waals surface area contributed by atoms with Crippen molar-refractivity contribution in [3.8, 4) is 5.75 Å². The van der Waals surface area contributed by atoms with Crippen molar-refractivity contribution >= 4 is 11.8 Å². The Kier molecular flexibility index (Phi) is 6.05. The van der Waals surface area contributed by atoms with Crippen LogP contribution in [0, 0.1) is 0 Å². The first-order chi connectivity index (χ1) is 12.8. The van der Waals surface area contributed by atoms with E-state index in [2.05, 4.69) is 31.0 Å². The van der Waals surface area contributed by atoms with Gasteiger partial charge in [-0.25, -0.2) is 0 Å². The van der Waals surface area contributed by atoms with Gasteiger partial charge in [0, 0.05) is 32.2 Å². The number of benzene rings is 1. The van der Waals surface area contributed by atoms with Crippen LogP contribution in [0.1, 0.15) is 39.2 Å². The van der Waals surface area contributed by atoms with Gasteiger partial charge in [-0.3, -0.25) is 14.5 Å². The molecular weight excluding hydrogens is 342 g/mol. The second-order valence-electron chi connectivity index (χ2n) is 8.56. The van der Waals surface area contributed by atoms with Crippen molar-refractivity contribution < 1.29 is 14.3 Å². The highest BCUT2D eigenvalue weighted by Crippen LogP contribution is 2.24. The molecule has 2 amide bonds. The first-order valence-electron chi connectivity index (χ1n) is 9.84. The van der Waals surface area contributed by atoms with Gasteiger partial charge in [0.25, 0.3) is 5.91 Å². The lowest BCUT2D eigenvalue weighted by Crippen LogP contribution is -2.52. The number of piperazine rings is 1. The number of rotatable bonds is 6. The van der Waals surface area contributed by atoms with Crippen molar-refractivity contribution in [3.05, 3.63) is 29.8 Å². The molecule has 0 unspecified atom stereocenters. The van der Waals surface area contributed by atoms with Crippen LogP contribution in [-0.4, -0.2) is 67.0 Å². The second-order valence-corrected chi connectivity index (χ2v) is 8.56. The minimum Gasteiger partial charge on any atom is -0.484 e. The molecule has 1 aliphatic heterocycles. The molecule has 2 fully saturated rings. The lowest BCUT2D eigenvalue weighted by molar-refractivity contribution is -0.135. The van der Waals surface area contributed by atoms with Gasteiger partial charge in [-0.05, 0) is 36.0 Å². The SMILES string of the molecule is CC(C)(C)c1ccc(OCC(=O)N2CCN(CC(=O)NC3CC3)CC2)cc1. The first-order valence-corrected chi connectivity index (χ1v) is 9.84. The van der Waals surface area contributed by atoms with E-state index in [0.717, 1.165) is 25.9 Å². The highest BCUT2D eigenvalue weighted by atomic mass is 16.5. The monoisotopic (exact) mass is 373 g/mol. The molecule has 0 radical (unpaired) electrons. The Labute approximate surface area is 161 Å². The Morgan fingerprint density at radius 3 is 2.26 bits per heavy atom. The number of amides is 2. The van der Waals surface area contributed by atoms with Crippen LogP contribution in [-0.2, 0) is 15.0 Å². The number of ether oxygens (including phenoxy) is 1. The van der Waals surface area contributed by atoms with Crippen molar-refractivity contribution in [2.45, 2.75) is 45.1 Å². The fourth-order valence-electron chi connectivity index (χ4n) is 3.15. The molecule has 1 aromatic carbocycles. The lowest BCUT2D eigenvalue weighted by Gasteiger charge is -2.34. The van der Waals surface area contributed by atoms with E-state index >= 15 is 0 Å². The summed E-state index contributed by atoms with van der Waals surface area (Å²) in [7, 11) is 0. The highest BCUT2D eigenvalue weighted by Gasteiger charge is 2.26. The van der Waals surface area contributed by atoms with E-state index in [1.54, 1.807) is 0 Å². The zero-order chi connectivity index (χ0) is 19.4. The largest absolute Gasteiger partial charge is 0.484 e. The minimum absolute atomic E-state index is 0.00280. The molecule has 0 spiro atoms. The van der Waals surface area contributed by atoms with Gasteiger partial charge < -0.3 is 15.0 Å². The van der Waals surface area contributed by atoms with Crippen LogP contribution in [0.15, 0.2) is 24.3 Å². The second kappa shape index (κ2) is 8.30. The predicted molar refractivity (Wildman–Crippen MR) is 105 cm³/mol. The van der Waals surface area contributed by atoms with Gasteiger partial charge in [0.2, 0.25) is 5.91 Å². The van der Waals surface area contributed by atoms with E-state index in [0.29, 0.717) is 31.4 Å². The molecule has 0 bridgehead atoms. The summed E-state index contributed by atoms with van der Waals surface area (Å²) in [5.74, 6) is 0.808. The zero-order valence-corrected chi connectivity index (χ0v) is 16.7. The summed E-state index contributed by atoms with van der Waals surface area (Å²) in [5.41, 5.74) is 1.34. The maximum Gasteiger partial charge on any atom is 0.260 e. The number of nitrogens with zero attached hydrogens (tertiary/aromatic N) is 2. The van der Waals surface area contributed by atoms with Gasteiger partial charge in [0.1, 0.15) is 5.75 Å². The normalized spacial score (nSPS) is 18.3. The molecular formula is C21H31N3O3. The van der Waals surface area contributed by atoms with Crippen molar-refractivity contribution in [1.82, 2.24) is 15.1 Å². The van der Waals surface area contributed by atoms with Crippen LogP contribution in [0.5, 0.6) is 5.75 Å². The van der Waals surface area contributed by atoms with Crippen molar-refractivity contribution in [3.63, 3.8) is 0 Å². The molecule has 1 saturated carbocycles.